The van der Waals surface area contributed by atoms with E-state index in [1.807, 2.05) is 13.8 Å². The Labute approximate surface area is 77.4 Å². The van der Waals surface area contributed by atoms with Crippen molar-refractivity contribution in [3.8, 4) is 0 Å². The molecule has 0 aliphatic heterocycles. The highest BCUT2D eigenvalue weighted by Crippen LogP contribution is 2.09. The molecule has 0 aromatic carbocycles. The van der Waals surface area contributed by atoms with Crippen LogP contribution in [0.25, 0.3) is 0 Å². The maximum atomic E-state index is 10.7. The van der Waals surface area contributed by atoms with Gasteiger partial charge in [-0.2, -0.15) is 0 Å². The summed E-state index contributed by atoms with van der Waals surface area (Å²) in [5, 5.41) is 2.61. The fourth-order valence-corrected chi connectivity index (χ4v) is 0.904. The van der Waals surface area contributed by atoms with E-state index < -0.39 is 0 Å². The van der Waals surface area contributed by atoms with Gasteiger partial charge < -0.3 is 5.32 Å². The number of hydrogen-bond acceptors (Lipinski definition) is 3. The molecule has 0 saturated heterocycles. The lowest BCUT2D eigenvalue weighted by molar-refractivity contribution is -0.114. The van der Waals surface area contributed by atoms with Crippen LogP contribution in [0, 0.1) is 0 Å². The number of carbonyl (C=O) groups excluding carboxylic acids is 1. The molecule has 0 aliphatic carbocycles. The Hall–Kier alpha value is -1.45. The number of hydrogen-bond donors (Lipinski definition) is 1. The molecule has 4 nitrogen and oxygen atoms in total. The third-order valence-electron chi connectivity index (χ3n) is 1.51. The Morgan fingerprint density at radius 2 is 1.92 bits per heavy atom. The minimum Gasteiger partial charge on any atom is -0.324 e. The van der Waals surface area contributed by atoms with Gasteiger partial charge in [0.25, 0.3) is 0 Å². The zero-order chi connectivity index (χ0) is 9.84. The number of nitrogens with one attached hydrogen (secondary N) is 1. The molecule has 13 heavy (non-hydrogen) atoms. The SMILES string of the molecule is CC(=O)Nc1cnc(C(C)C)nc1. The molecule has 0 spiro atoms. The zero-order valence-electron chi connectivity index (χ0n) is 8.03. The van der Waals surface area contributed by atoms with Gasteiger partial charge in [0.15, 0.2) is 0 Å². The number of nitrogens with zero attached hydrogens (tertiary/aromatic N) is 2. The quantitative estimate of drug-likeness (QED) is 0.749. The number of carbonyl (C=O) groups is 1. The predicted octanol–water partition coefficient (Wildman–Crippen LogP) is 1.56. The van der Waals surface area contributed by atoms with Gasteiger partial charge >= 0.3 is 0 Å². The second-order valence-electron chi connectivity index (χ2n) is 3.17. The van der Waals surface area contributed by atoms with E-state index >= 15 is 0 Å². The van der Waals surface area contributed by atoms with E-state index in [1.54, 1.807) is 12.4 Å². The van der Waals surface area contributed by atoms with Crippen LogP contribution in [0.3, 0.4) is 0 Å². The second-order valence-corrected chi connectivity index (χ2v) is 3.17. The van der Waals surface area contributed by atoms with Crippen molar-refractivity contribution in [2.45, 2.75) is 26.7 Å². The molecule has 0 saturated carbocycles. The smallest absolute Gasteiger partial charge is 0.221 e. The number of anilines is 1. The van der Waals surface area contributed by atoms with Gasteiger partial charge in [-0.25, -0.2) is 9.97 Å². The Bertz CT molecular complexity index is 292. The second kappa shape index (κ2) is 3.98. The van der Waals surface area contributed by atoms with Crippen LogP contribution in [0.5, 0.6) is 0 Å². The van der Waals surface area contributed by atoms with Gasteiger partial charge in [-0.3, -0.25) is 4.79 Å². The first-order valence-electron chi connectivity index (χ1n) is 4.19. The summed E-state index contributed by atoms with van der Waals surface area (Å²) in [4.78, 5) is 18.9. The normalized spacial score (nSPS) is 10.2. The third-order valence-corrected chi connectivity index (χ3v) is 1.51. The monoisotopic (exact) mass is 179 g/mol. The number of amides is 1. The molecular formula is C9H13N3O. The summed E-state index contributed by atoms with van der Waals surface area (Å²) in [6.45, 7) is 5.50. The first-order valence-corrected chi connectivity index (χ1v) is 4.19. The molecule has 0 bridgehead atoms. The maximum absolute atomic E-state index is 10.7. The van der Waals surface area contributed by atoms with Gasteiger partial charge in [-0.15, -0.1) is 0 Å². The Morgan fingerprint density at radius 1 is 1.38 bits per heavy atom. The lowest BCUT2D eigenvalue weighted by Crippen LogP contribution is -2.07. The molecule has 0 fully saturated rings. The zero-order valence-corrected chi connectivity index (χ0v) is 8.03. The van der Waals surface area contributed by atoms with Gasteiger partial charge in [-0.1, -0.05) is 13.8 Å². The van der Waals surface area contributed by atoms with Crippen molar-refractivity contribution in [2.24, 2.45) is 0 Å². The molecule has 1 N–H and O–H groups in total. The van der Waals surface area contributed by atoms with Crippen molar-refractivity contribution < 1.29 is 4.79 Å². The summed E-state index contributed by atoms with van der Waals surface area (Å²) in [5.41, 5.74) is 0.636. The van der Waals surface area contributed by atoms with Crippen molar-refractivity contribution in [3.63, 3.8) is 0 Å². The maximum Gasteiger partial charge on any atom is 0.221 e. The van der Waals surface area contributed by atoms with E-state index in [4.69, 9.17) is 0 Å². The Morgan fingerprint density at radius 3 is 2.31 bits per heavy atom. The Balaban J connectivity index is 2.75. The van der Waals surface area contributed by atoms with Crippen molar-refractivity contribution >= 4 is 11.6 Å². The van der Waals surface area contributed by atoms with Crippen LogP contribution in [-0.2, 0) is 4.79 Å². The minimum atomic E-state index is -0.110. The van der Waals surface area contributed by atoms with Crippen molar-refractivity contribution in [3.05, 3.63) is 18.2 Å². The first kappa shape index (κ1) is 9.64. The van der Waals surface area contributed by atoms with Crippen LogP contribution in [0.4, 0.5) is 5.69 Å². The molecule has 0 unspecified atom stereocenters. The van der Waals surface area contributed by atoms with Crippen molar-refractivity contribution in [2.75, 3.05) is 5.32 Å². The summed E-state index contributed by atoms with van der Waals surface area (Å²) in [6, 6.07) is 0. The summed E-state index contributed by atoms with van der Waals surface area (Å²) < 4.78 is 0. The summed E-state index contributed by atoms with van der Waals surface area (Å²) in [5.74, 6) is 0.987. The summed E-state index contributed by atoms with van der Waals surface area (Å²) in [6.07, 6.45) is 3.23. The summed E-state index contributed by atoms with van der Waals surface area (Å²) in [7, 11) is 0. The Kier molecular flexibility index (Phi) is 2.95. The standard InChI is InChI=1S/C9H13N3O/c1-6(2)9-10-4-8(5-11-9)12-7(3)13/h4-6H,1-3H3,(H,12,13). The van der Waals surface area contributed by atoms with Crippen LogP contribution in [0.1, 0.15) is 32.5 Å². The molecule has 0 atom stereocenters. The lowest BCUT2D eigenvalue weighted by atomic mass is 10.2. The van der Waals surface area contributed by atoms with E-state index in [1.165, 1.54) is 6.92 Å². The van der Waals surface area contributed by atoms with Crippen molar-refractivity contribution in [1.29, 1.82) is 0 Å². The fraction of sp³-hybridized carbons (Fsp3) is 0.444. The van der Waals surface area contributed by atoms with Gasteiger partial charge in [-0.05, 0) is 0 Å². The van der Waals surface area contributed by atoms with Crippen LogP contribution >= 0.6 is 0 Å². The molecule has 70 valence electrons. The average Bonchev–Trinajstić information content (AvgIpc) is 2.04. The highest BCUT2D eigenvalue weighted by atomic mass is 16.1. The number of rotatable bonds is 2. The average molecular weight is 179 g/mol. The van der Waals surface area contributed by atoms with E-state index in [0.29, 0.717) is 11.6 Å². The molecule has 1 amide bonds. The first-order chi connectivity index (χ1) is 6.09. The van der Waals surface area contributed by atoms with Gasteiger partial charge in [0.1, 0.15) is 5.82 Å². The van der Waals surface area contributed by atoms with Gasteiger partial charge in [0, 0.05) is 12.8 Å². The van der Waals surface area contributed by atoms with E-state index in [-0.39, 0.29) is 5.91 Å². The fourth-order valence-electron chi connectivity index (χ4n) is 0.904. The van der Waals surface area contributed by atoms with Crippen LogP contribution in [-0.4, -0.2) is 15.9 Å². The van der Waals surface area contributed by atoms with E-state index in [0.717, 1.165) is 5.82 Å². The molecule has 1 aromatic rings. The minimum absolute atomic E-state index is 0.110. The van der Waals surface area contributed by atoms with Gasteiger partial charge in [0.05, 0.1) is 18.1 Å². The highest BCUT2D eigenvalue weighted by molar-refractivity contribution is 5.88. The van der Waals surface area contributed by atoms with Crippen LogP contribution in [0.15, 0.2) is 12.4 Å². The number of aromatic nitrogens is 2. The van der Waals surface area contributed by atoms with E-state index in [2.05, 4.69) is 15.3 Å². The highest BCUT2D eigenvalue weighted by Gasteiger charge is 2.02. The summed E-state index contributed by atoms with van der Waals surface area (Å²) >= 11 is 0. The van der Waals surface area contributed by atoms with Crippen LogP contribution in [0.2, 0.25) is 0 Å². The molecular weight excluding hydrogens is 166 g/mol. The van der Waals surface area contributed by atoms with E-state index in [9.17, 15) is 4.79 Å². The van der Waals surface area contributed by atoms with Crippen LogP contribution < -0.4 is 5.32 Å². The molecule has 1 heterocycles. The van der Waals surface area contributed by atoms with Gasteiger partial charge in [0.2, 0.25) is 5.91 Å². The lowest BCUT2D eigenvalue weighted by Gasteiger charge is -2.04. The third kappa shape index (κ3) is 2.82. The molecule has 0 radical (unpaired) electrons. The molecule has 1 aromatic heterocycles. The predicted molar refractivity (Wildman–Crippen MR) is 50.4 cm³/mol. The molecule has 4 heteroatoms. The largest absolute Gasteiger partial charge is 0.324 e. The topological polar surface area (TPSA) is 54.9 Å². The van der Waals surface area contributed by atoms with Crippen molar-refractivity contribution in [1.82, 2.24) is 9.97 Å². The molecule has 0 aliphatic rings. The molecule has 1 rings (SSSR count).